The smallest absolute Gasteiger partial charge is 0.0708 e. The van der Waals surface area contributed by atoms with Gasteiger partial charge in [0.05, 0.1) is 12.2 Å². The molecule has 0 bridgehead atoms. The predicted octanol–water partition coefficient (Wildman–Crippen LogP) is 3.38. The molecule has 1 aliphatic heterocycles. The van der Waals surface area contributed by atoms with Crippen LogP contribution >= 0.6 is 0 Å². The zero-order valence-corrected chi connectivity index (χ0v) is 9.30. The van der Waals surface area contributed by atoms with Gasteiger partial charge in [-0.15, -0.1) is 0 Å². The molecule has 1 nitrogen and oxygen atoms in total. The lowest BCUT2D eigenvalue weighted by molar-refractivity contribution is -0.107. The topological polar surface area (TPSA) is 9.23 Å². The molecule has 2 aliphatic carbocycles. The van der Waals surface area contributed by atoms with Gasteiger partial charge in [0.1, 0.15) is 0 Å². The fourth-order valence-electron chi connectivity index (χ4n) is 3.61. The molecule has 80 valence electrons. The summed E-state index contributed by atoms with van der Waals surface area (Å²) in [5.41, 5.74) is 0.311. The molecule has 4 atom stereocenters. The van der Waals surface area contributed by atoms with E-state index in [4.69, 9.17) is 4.74 Å². The monoisotopic (exact) mass is 194 g/mol. The lowest BCUT2D eigenvalue weighted by Gasteiger charge is -2.42. The Kier molecular flexibility index (Phi) is 2.12. The lowest BCUT2D eigenvalue weighted by Crippen LogP contribution is -2.42. The van der Waals surface area contributed by atoms with Crippen LogP contribution in [0.2, 0.25) is 0 Å². The first-order valence-corrected chi connectivity index (χ1v) is 6.44. The van der Waals surface area contributed by atoms with Gasteiger partial charge in [0.2, 0.25) is 0 Å². The molecule has 1 spiro atoms. The summed E-state index contributed by atoms with van der Waals surface area (Å²) in [6.07, 6.45) is 9.84. The summed E-state index contributed by atoms with van der Waals surface area (Å²) in [7, 11) is 0. The number of hydrogen-bond donors (Lipinski definition) is 0. The van der Waals surface area contributed by atoms with E-state index in [2.05, 4.69) is 6.92 Å². The van der Waals surface area contributed by atoms with Crippen LogP contribution in [-0.2, 0) is 4.74 Å². The fourth-order valence-corrected chi connectivity index (χ4v) is 3.61. The van der Waals surface area contributed by atoms with Gasteiger partial charge in [0.15, 0.2) is 0 Å². The molecule has 0 amide bonds. The molecular formula is C13H22O. The highest BCUT2D eigenvalue weighted by Crippen LogP contribution is 2.51. The molecule has 1 heteroatoms. The van der Waals surface area contributed by atoms with E-state index in [0.29, 0.717) is 5.60 Å². The molecule has 0 aromatic heterocycles. The van der Waals surface area contributed by atoms with E-state index in [9.17, 15) is 0 Å². The molecule has 2 saturated carbocycles. The van der Waals surface area contributed by atoms with Crippen LogP contribution < -0.4 is 0 Å². The van der Waals surface area contributed by atoms with E-state index in [-0.39, 0.29) is 0 Å². The van der Waals surface area contributed by atoms with Gasteiger partial charge < -0.3 is 4.74 Å². The first kappa shape index (κ1) is 9.21. The van der Waals surface area contributed by atoms with Gasteiger partial charge in [-0.05, 0) is 49.9 Å². The summed E-state index contributed by atoms with van der Waals surface area (Å²) >= 11 is 0. The molecule has 1 saturated heterocycles. The highest BCUT2D eigenvalue weighted by molar-refractivity contribution is 4.97. The molecule has 0 aromatic rings. The van der Waals surface area contributed by atoms with Crippen LogP contribution in [0.4, 0.5) is 0 Å². The van der Waals surface area contributed by atoms with E-state index in [0.717, 1.165) is 24.4 Å². The average molecular weight is 194 g/mol. The Morgan fingerprint density at radius 3 is 2.86 bits per heavy atom. The SMILES string of the molecule is CC1CCCCC12CCC1CC1CO2. The van der Waals surface area contributed by atoms with E-state index >= 15 is 0 Å². The molecule has 14 heavy (non-hydrogen) atoms. The summed E-state index contributed by atoms with van der Waals surface area (Å²) in [6.45, 7) is 3.49. The minimum absolute atomic E-state index is 0.311. The third kappa shape index (κ3) is 1.41. The Hall–Kier alpha value is -0.0400. The Morgan fingerprint density at radius 1 is 1.07 bits per heavy atom. The third-order valence-corrected chi connectivity index (χ3v) is 4.98. The minimum atomic E-state index is 0.311. The predicted molar refractivity (Wildman–Crippen MR) is 57.1 cm³/mol. The number of fused-ring (bicyclic) bond motifs is 1. The van der Waals surface area contributed by atoms with Crippen molar-refractivity contribution in [1.29, 1.82) is 0 Å². The van der Waals surface area contributed by atoms with Gasteiger partial charge in [0, 0.05) is 0 Å². The van der Waals surface area contributed by atoms with E-state index < -0.39 is 0 Å². The van der Waals surface area contributed by atoms with Crippen LogP contribution in [0.25, 0.3) is 0 Å². The summed E-state index contributed by atoms with van der Waals surface area (Å²) in [5.74, 6) is 2.81. The van der Waals surface area contributed by atoms with Crippen molar-refractivity contribution in [1.82, 2.24) is 0 Å². The first-order chi connectivity index (χ1) is 6.80. The molecule has 4 unspecified atom stereocenters. The van der Waals surface area contributed by atoms with Crippen LogP contribution in [0.15, 0.2) is 0 Å². The highest BCUT2D eigenvalue weighted by Gasteiger charge is 2.47. The van der Waals surface area contributed by atoms with Crippen LogP contribution in [0.5, 0.6) is 0 Å². The van der Waals surface area contributed by atoms with Crippen molar-refractivity contribution in [2.75, 3.05) is 6.61 Å². The second-order valence-electron chi connectivity index (χ2n) is 5.82. The maximum atomic E-state index is 6.30. The summed E-state index contributed by atoms with van der Waals surface area (Å²) in [6, 6.07) is 0. The Bertz CT molecular complexity index is 211. The molecule has 3 fully saturated rings. The fraction of sp³-hybridized carbons (Fsp3) is 1.00. The number of hydrogen-bond acceptors (Lipinski definition) is 1. The van der Waals surface area contributed by atoms with E-state index in [1.54, 1.807) is 0 Å². The average Bonchev–Trinajstić information content (AvgIpc) is 2.93. The molecule has 3 rings (SSSR count). The first-order valence-electron chi connectivity index (χ1n) is 6.44. The largest absolute Gasteiger partial charge is 0.374 e. The van der Waals surface area contributed by atoms with Crippen LogP contribution in [0.1, 0.15) is 51.9 Å². The van der Waals surface area contributed by atoms with Gasteiger partial charge >= 0.3 is 0 Å². The quantitative estimate of drug-likeness (QED) is 0.574. The Morgan fingerprint density at radius 2 is 2.00 bits per heavy atom. The maximum Gasteiger partial charge on any atom is 0.0708 e. The zero-order valence-electron chi connectivity index (χ0n) is 9.30. The Balaban J connectivity index is 1.73. The second-order valence-corrected chi connectivity index (χ2v) is 5.82. The summed E-state index contributed by atoms with van der Waals surface area (Å²) in [5, 5.41) is 0. The van der Waals surface area contributed by atoms with E-state index in [1.165, 1.54) is 44.9 Å². The summed E-state index contributed by atoms with van der Waals surface area (Å²) in [4.78, 5) is 0. The van der Waals surface area contributed by atoms with Crippen molar-refractivity contribution in [3.63, 3.8) is 0 Å². The van der Waals surface area contributed by atoms with Gasteiger partial charge in [-0.3, -0.25) is 0 Å². The van der Waals surface area contributed by atoms with E-state index in [1.807, 2.05) is 0 Å². The van der Waals surface area contributed by atoms with Crippen molar-refractivity contribution >= 4 is 0 Å². The van der Waals surface area contributed by atoms with Crippen molar-refractivity contribution in [3.8, 4) is 0 Å². The van der Waals surface area contributed by atoms with Gasteiger partial charge in [-0.2, -0.15) is 0 Å². The number of ether oxygens (including phenoxy) is 1. The van der Waals surface area contributed by atoms with Crippen LogP contribution in [0, 0.1) is 17.8 Å². The van der Waals surface area contributed by atoms with Gasteiger partial charge in [0.25, 0.3) is 0 Å². The molecular weight excluding hydrogens is 172 g/mol. The zero-order chi connectivity index (χ0) is 9.60. The summed E-state index contributed by atoms with van der Waals surface area (Å²) < 4.78 is 6.30. The van der Waals surface area contributed by atoms with Crippen molar-refractivity contribution in [2.45, 2.75) is 57.5 Å². The molecule has 0 N–H and O–H groups in total. The molecule has 0 aromatic carbocycles. The Labute approximate surface area is 87.2 Å². The molecule has 3 aliphatic rings. The lowest BCUT2D eigenvalue weighted by atomic mass is 9.73. The minimum Gasteiger partial charge on any atom is -0.374 e. The van der Waals surface area contributed by atoms with Crippen molar-refractivity contribution < 1.29 is 4.74 Å². The molecule has 1 heterocycles. The number of rotatable bonds is 0. The van der Waals surface area contributed by atoms with Crippen LogP contribution in [0.3, 0.4) is 0 Å². The third-order valence-electron chi connectivity index (χ3n) is 4.98. The normalized spacial score (nSPS) is 52.5. The standard InChI is InChI=1S/C13H22O/c1-10-4-2-3-6-13(10)7-5-11-8-12(11)9-14-13/h10-12H,2-9H2,1H3. The second kappa shape index (κ2) is 3.23. The van der Waals surface area contributed by atoms with Gasteiger partial charge in [-0.25, -0.2) is 0 Å². The molecule has 0 radical (unpaired) electrons. The van der Waals surface area contributed by atoms with Crippen molar-refractivity contribution in [3.05, 3.63) is 0 Å². The van der Waals surface area contributed by atoms with Crippen molar-refractivity contribution in [2.24, 2.45) is 17.8 Å². The maximum absolute atomic E-state index is 6.30. The van der Waals surface area contributed by atoms with Gasteiger partial charge in [-0.1, -0.05) is 19.8 Å². The highest BCUT2D eigenvalue weighted by atomic mass is 16.5. The van der Waals surface area contributed by atoms with Crippen LogP contribution in [-0.4, -0.2) is 12.2 Å².